The molecule has 0 aliphatic rings. The van der Waals surface area contributed by atoms with Crippen LogP contribution in [0.4, 0.5) is 5.69 Å². The predicted octanol–water partition coefficient (Wildman–Crippen LogP) is 5.87. The van der Waals surface area contributed by atoms with Crippen LogP contribution in [0.25, 0.3) is 33.3 Å². The third-order valence-corrected chi connectivity index (χ3v) is 8.04. The molecule has 0 fully saturated rings. The SMILES string of the molecule is CCOP(=O)(OCC)OCn1cc(-c2ccnc(C#N)c2)c2cc(-c3cccc(N(C)C(=O)C=CCN(C)C)c3)cnc21. The summed E-state index contributed by atoms with van der Waals surface area (Å²) in [7, 11) is 1.85. The molecule has 0 atom stereocenters. The molecule has 1 amide bonds. The number of nitrogens with zero attached hydrogens (tertiary/aromatic N) is 6. The van der Waals surface area contributed by atoms with Gasteiger partial charge in [0.1, 0.15) is 24.1 Å². The molecule has 0 spiro atoms. The van der Waals surface area contributed by atoms with E-state index in [-0.39, 0.29) is 31.5 Å². The number of amides is 1. The topological polar surface area (TPSA) is 123 Å². The number of aromatic nitrogens is 3. The minimum atomic E-state index is -3.77. The van der Waals surface area contributed by atoms with Crippen LogP contribution < -0.4 is 4.90 Å². The molecule has 0 aliphatic heterocycles. The Balaban J connectivity index is 1.74. The summed E-state index contributed by atoms with van der Waals surface area (Å²) < 4.78 is 30.9. The van der Waals surface area contributed by atoms with Crippen molar-refractivity contribution in [3.05, 3.63) is 78.9 Å². The minimum absolute atomic E-state index is 0.130. The number of rotatable bonds is 13. The maximum absolute atomic E-state index is 13.0. The number of hydrogen-bond acceptors (Lipinski definition) is 9. The van der Waals surface area contributed by atoms with Gasteiger partial charge in [-0.1, -0.05) is 18.2 Å². The second kappa shape index (κ2) is 14.3. The number of nitriles is 1. The average molecular weight is 603 g/mol. The van der Waals surface area contributed by atoms with Crippen molar-refractivity contribution >= 4 is 30.5 Å². The number of pyridine rings is 2. The number of phosphoric ester groups is 1. The van der Waals surface area contributed by atoms with E-state index < -0.39 is 7.82 Å². The van der Waals surface area contributed by atoms with Crippen molar-refractivity contribution < 1.29 is 22.9 Å². The van der Waals surface area contributed by atoms with E-state index in [2.05, 4.69) is 11.1 Å². The van der Waals surface area contributed by atoms with Crippen LogP contribution in [0.15, 0.2) is 73.2 Å². The first-order valence-electron chi connectivity index (χ1n) is 13.8. The molecule has 0 bridgehead atoms. The molecule has 11 nitrogen and oxygen atoms in total. The summed E-state index contributed by atoms with van der Waals surface area (Å²) in [5.74, 6) is -0.130. The highest BCUT2D eigenvalue weighted by Crippen LogP contribution is 2.49. The smallest absolute Gasteiger partial charge is 0.312 e. The second-order valence-electron chi connectivity index (χ2n) is 9.80. The van der Waals surface area contributed by atoms with E-state index in [4.69, 9.17) is 18.6 Å². The monoisotopic (exact) mass is 602 g/mol. The number of carbonyl (C=O) groups excluding carboxylic acids is 1. The van der Waals surface area contributed by atoms with Gasteiger partial charge in [0, 0.05) is 60.5 Å². The number of likely N-dealkylation sites (N-methyl/N-ethyl adjacent to an activating group) is 2. The van der Waals surface area contributed by atoms with Crippen LogP contribution in [-0.4, -0.2) is 66.2 Å². The molecule has 1 aromatic carbocycles. The molecule has 0 unspecified atom stereocenters. The fourth-order valence-corrected chi connectivity index (χ4v) is 5.50. The van der Waals surface area contributed by atoms with Crippen LogP contribution in [0, 0.1) is 11.3 Å². The summed E-state index contributed by atoms with van der Waals surface area (Å²) in [5.41, 5.74) is 4.81. The van der Waals surface area contributed by atoms with Crippen LogP contribution in [0.2, 0.25) is 0 Å². The molecule has 0 saturated heterocycles. The van der Waals surface area contributed by atoms with Crippen LogP contribution >= 0.6 is 7.82 Å². The quantitative estimate of drug-likeness (QED) is 0.136. The first-order valence-corrected chi connectivity index (χ1v) is 15.2. The summed E-state index contributed by atoms with van der Waals surface area (Å²) in [6, 6.07) is 15.2. The van der Waals surface area contributed by atoms with Crippen LogP contribution in [-0.2, 0) is 29.7 Å². The van der Waals surface area contributed by atoms with Gasteiger partial charge in [-0.2, -0.15) is 5.26 Å². The molecule has 0 aliphatic carbocycles. The minimum Gasteiger partial charge on any atom is -0.312 e. The van der Waals surface area contributed by atoms with E-state index >= 15 is 0 Å². The molecule has 0 radical (unpaired) electrons. The van der Waals surface area contributed by atoms with Gasteiger partial charge in [-0.3, -0.25) is 18.4 Å². The van der Waals surface area contributed by atoms with Gasteiger partial charge in [0.25, 0.3) is 0 Å². The first-order chi connectivity index (χ1) is 20.7. The molecular formula is C31H35N6O5P. The number of phosphoric acid groups is 1. The van der Waals surface area contributed by atoms with Gasteiger partial charge in [-0.05, 0) is 69.4 Å². The van der Waals surface area contributed by atoms with Gasteiger partial charge < -0.3 is 14.4 Å². The number of fused-ring (bicyclic) bond motifs is 1. The van der Waals surface area contributed by atoms with Crippen LogP contribution in [0.5, 0.6) is 0 Å². The Hall–Kier alpha value is -4.17. The third-order valence-electron chi connectivity index (χ3n) is 6.46. The Morgan fingerprint density at radius 3 is 2.49 bits per heavy atom. The van der Waals surface area contributed by atoms with E-state index in [1.165, 1.54) is 0 Å². The van der Waals surface area contributed by atoms with Crippen molar-refractivity contribution in [1.82, 2.24) is 19.4 Å². The predicted molar refractivity (Wildman–Crippen MR) is 166 cm³/mol. The highest BCUT2D eigenvalue weighted by atomic mass is 31.2. The lowest BCUT2D eigenvalue weighted by atomic mass is 10.0. The molecule has 12 heteroatoms. The van der Waals surface area contributed by atoms with Crippen molar-refractivity contribution in [2.75, 3.05) is 45.8 Å². The second-order valence-corrected chi connectivity index (χ2v) is 11.5. The fourth-order valence-electron chi connectivity index (χ4n) is 4.38. The average Bonchev–Trinajstić information content (AvgIpc) is 3.38. The summed E-state index contributed by atoms with van der Waals surface area (Å²) in [6.45, 7) is 4.28. The maximum Gasteiger partial charge on any atom is 0.476 e. The van der Waals surface area contributed by atoms with E-state index in [0.717, 1.165) is 33.3 Å². The highest BCUT2D eigenvalue weighted by molar-refractivity contribution is 7.48. The van der Waals surface area contributed by atoms with Crippen molar-refractivity contribution in [3.63, 3.8) is 0 Å². The molecular weight excluding hydrogens is 567 g/mol. The standard InChI is InChI=1S/C31H35N6O5P/c1-6-40-43(39,41-7-2)42-22-37-21-29(24-13-14-33-26(16-24)19-32)28-18-25(20-34-31(28)37)23-10-8-11-27(17-23)36(5)30(38)12-9-15-35(3)4/h8-14,16-18,20-21H,6-7,15,22H2,1-5H3. The lowest BCUT2D eigenvalue weighted by Gasteiger charge is -2.17. The number of benzene rings is 1. The molecule has 3 aromatic heterocycles. The largest absolute Gasteiger partial charge is 0.476 e. The Morgan fingerprint density at radius 2 is 1.79 bits per heavy atom. The van der Waals surface area contributed by atoms with Gasteiger partial charge in [-0.25, -0.2) is 14.5 Å². The number of carbonyl (C=O) groups is 1. The van der Waals surface area contributed by atoms with Crippen LogP contribution in [0.3, 0.4) is 0 Å². The lowest BCUT2D eigenvalue weighted by Crippen LogP contribution is -2.24. The van der Waals surface area contributed by atoms with Crippen molar-refractivity contribution in [2.45, 2.75) is 20.6 Å². The van der Waals surface area contributed by atoms with E-state index in [1.807, 2.05) is 67.7 Å². The van der Waals surface area contributed by atoms with E-state index in [9.17, 15) is 14.6 Å². The molecule has 0 saturated carbocycles. The van der Waals surface area contributed by atoms with Gasteiger partial charge in [0.15, 0.2) is 0 Å². The molecule has 4 aromatic rings. The number of hydrogen-bond donors (Lipinski definition) is 0. The van der Waals surface area contributed by atoms with Crippen molar-refractivity contribution in [2.24, 2.45) is 0 Å². The van der Waals surface area contributed by atoms with E-state index in [1.54, 1.807) is 54.9 Å². The summed E-state index contributed by atoms with van der Waals surface area (Å²) in [4.78, 5) is 25.2. The Kier molecular flexibility index (Phi) is 10.6. The summed E-state index contributed by atoms with van der Waals surface area (Å²) in [6.07, 6.45) is 8.53. The molecule has 43 heavy (non-hydrogen) atoms. The Labute approximate surface area is 251 Å². The van der Waals surface area contributed by atoms with Crippen molar-refractivity contribution in [1.29, 1.82) is 5.26 Å². The van der Waals surface area contributed by atoms with Gasteiger partial charge in [0.2, 0.25) is 5.91 Å². The molecule has 4 rings (SSSR count). The maximum atomic E-state index is 13.0. The zero-order chi connectivity index (χ0) is 31.0. The van der Waals surface area contributed by atoms with Gasteiger partial charge in [-0.15, -0.1) is 0 Å². The molecule has 0 N–H and O–H groups in total. The Bertz CT molecular complexity index is 1700. The van der Waals surface area contributed by atoms with Crippen molar-refractivity contribution in [3.8, 4) is 28.3 Å². The zero-order valence-corrected chi connectivity index (χ0v) is 25.8. The molecule has 224 valence electrons. The zero-order valence-electron chi connectivity index (χ0n) is 24.9. The highest BCUT2D eigenvalue weighted by Gasteiger charge is 2.26. The summed E-state index contributed by atoms with van der Waals surface area (Å²) >= 11 is 0. The van der Waals surface area contributed by atoms with E-state index in [0.29, 0.717) is 12.2 Å². The Morgan fingerprint density at radius 1 is 1.02 bits per heavy atom. The van der Waals surface area contributed by atoms with Gasteiger partial charge in [0.05, 0.1) is 13.2 Å². The fraction of sp³-hybridized carbons (Fsp3) is 0.290. The normalized spacial score (nSPS) is 11.8. The first kappa shape index (κ1) is 31.8. The number of anilines is 1. The van der Waals surface area contributed by atoms with Crippen LogP contribution in [0.1, 0.15) is 19.5 Å². The summed E-state index contributed by atoms with van der Waals surface area (Å²) in [5, 5.41) is 10.2. The molecule has 3 heterocycles. The van der Waals surface area contributed by atoms with Gasteiger partial charge >= 0.3 is 7.82 Å². The third kappa shape index (κ3) is 7.82. The lowest BCUT2D eigenvalue weighted by molar-refractivity contribution is -0.113.